The fourth-order valence-corrected chi connectivity index (χ4v) is 4.82. The molecule has 3 fully saturated rings. The second-order valence-electron chi connectivity index (χ2n) is 10.2. The molecule has 0 aliphatic carbocycles. The Morgan fingerprint density at radius 2 is 1.29 bits per heavy atom. The average Bonchev–Trinajstić information content (AvgIpc) is 3.25. The molecule has 10 N–H and O–H groups in total. The Morgan fingerprint density at radius 3 is 1.86 bits per heavy atom. The Kier molecular flexibility index (Phi) is 10.8. The number of carbonyl (C=O) groups excluding carboxylic acids is 1. The second kappa shape index (κ2) is 13.8. The summed E-state index contributed by atoms with van der Waals surface area (Å²) >= 11 is 0. The van der Waals surface area contributed by atoms with E-state index in [1.54, 1.807) is 18.2 Å². The number of benzene rings is 1. The number of hydrogen-bond acceptors (Lipinski definition) is 17. The van der Waals surface area contributed by atoms with Gasteiger partial charge in [0.15, 0.2) is 12.6 Å². The first kappa shape index (κ1) is 33.0. The molecule has 1 aromatic rings. The van der Waals surface area contributed by atoms with Gasteiger partial charge in [0.05, 0.1) is 18.8 Å². The van der Waals surface area contributed by atoms with Gasteiger partial charge in [-0.2, -0.15) is 0 Å². The zero-order valence-electron chi connectivity index (χ0n) is 22.1. The van der Waals surface area contributed by atoms with Gasteiger partial charge in [-0.3, -0.25) is 0 Å². The van der Waals surface area contributed by atoms with Gasteiger partial charge in [-0.05, 0) is 12.1 Å². The molecule has 0 amide bonds. The smallest absolute Gasteiger partial charge is 0.338 e. The van der Waals surface area contributed by atoms with Crippen LogP contribution in [0.25, 0.3) is 0 Å². The number of aliphatic hydroxyl groups is 10. The third-order valence-electron chi connectivity index (χ3n) is 7.37. The van der Waals surface area contributed by atoms with Gasteiger partial charge in [0, 0.05) is 0 Å². The molecule has 3 saturated heterocycles. The summed E-state index contributed by atoms with van der Waals surface area (Å²) in [4.78, 5) is 12.3. The standard InChI is InChI=1S/C25H36O17/c26-6-11-16(30)21(35)25(9-27,41-11)42-24-20(34)18(32)15(29)13(40-24)8-38-23-19(33)17(31)14(28)12(39-23)7-37-22(36)10-4-2-1-3-5-10/h1-5,11-21,23-24,26-35H,6-9H2/t11-,12-,13-,14+,15-,16-,17+,18+,19-,20-,21+,23?,24?,25+/m1/s1. The van der Waals surface area contributed by atoms with Crippen LogP contribution >= 0.6 is 0 Å². The van der Waals surface area contributed by atoms with Crippen LogP contribution in [0.3, 0.4) is 0 Å². The summed E-state index contributed by atoms with van der Waals surface area (Å²) in [5, 5.41) is 102. The highest BCUT2D eigenvalue weighted by molar-refractivity contribution is 5.89. The number of hydrogen-bond donors (Lipinski definition) is 10. The summed E-state index contributed by atoms with van der Waals surface area (Å²) in [5.74, 6) is -3.13. The number of ether oxygens (including phenoxy) is 6. The third kappa shape index (κ3) is 6.60. The van der Waals surface area contributed by atoms with Gasteiger partial charge in [-0.1, -0.05) is 18.2 Å². The summed E-state index contributed by atoms with van der Waals surface area (Å²) in [6.45, 7) is -3.05. The van der Waals surface area contributed by atoms with Crippen LogP contribution in [0.15, 0.2) is 30.3 Å². The maximum Gasteiger partial charge on any atom is 0.338 e. The fourth-order valence-electron chi connectivity index (χ4n) is 4.82. The lowest BCUT2D eigenvalue weighted by Crippen LogP contribution is -2.63. The molecule has 0 bridgehead atoms. The molecule has 0 radical (unpaired) electrons. The first-order valence-corrected chi connectivity index (χ1v) is 13.1. The van der Waals surface area contributed by atoms with Gasteiger partial charge in [0.2, 0.25) is 5.79 Å². The van der Waals surface area contributed by atoms with Crippen molar-refractivity contribution in [1.82, 2.24) is 0 Å². The topological polar surface area (TPSA) is 275 Å². The predicted molar refractivity (Wildman–Crippen MR) is 131 cm³/mol. The van der Waals surface area contributed by atoms with Crippen LogP contribution < -0.4 is 0 Å². The second-order valence-corrected chi connectivity index (χ2v) is 10.2. The Balaban J connectivity index is 1.39. The molecule has 17 nitrogen and oxygen atoms in total. The molecule has 0 spiro atoms. The van der Waals surface area contributed by atoms with Crippen molar-refractivity contribution in [3.63, 3.8) is 0 Å². The third-order valence-corrected chi connectivity index (χ3v) is 7.37. The van der Waals surface area contributed by atoms with E-state index in [2.05, 4.69) is 0 Å². The van der Waals surface area contributed by atoms with Crippen LogP contribution in [0.4, 0.5) is 0 Å². The van der Waals surface area contributed by atoms with Crippen molar-refractivity contribution in [2.75, 3.05) is 26.4 Å². The van der Waals surface area contributed by atoms with Gasteiger partial charge in [0.25, 0.3) is 0 Å². The van der Waals surface area contributed by atoms with E-state index in [0.29, 0.717) is 0 Å². The number of carbonyl (C=O) groups is 1. The molecule has 3 aliphatic rings. The molecule has 4 rings (SSSR count). The van der Waals surface area contributed by atoms with E-state index < -0.39 is 118 Å². The monoisotopic (exact) mass is 608 g/mol. The van der Waals surface area contributed by atoms with E-state index >= 15 is 0 Å². The van der Waals surface area contributed by atoms with Gasteiger partial charge >= 0.3 is 5.97 Å². The van der Waals surface area contributed by atoms with Crippen molar-refractivity contribution >= 4 is 5.97 Å². The van der Waals surface area contributed by atoms with Gasteiger partial charge in [-0.25, -0.2) is 4.79 Å². The quantitative estimate of drug-likeness (QED) is 0.111. The largest absolute Gasteiger partial charge is 0.459 e. The van der Waals surface area contributed by atoms with E-state index in [-0.39, 0.29) is 5.56 Å². The van der Waals surface area contributed by atoms with Crippen LogP contribution in [0.5, 0.6) is 0 Å². The van der Waals surface area contributed by atoms with E-state index in [9.17, 15) is 55.9 Å². The Bertz CT molecular complexity index is 1020. The first-order chi connectivity index (χ1) is 19.9. The lowest BCUT2D eigenvalue weighted by molar-refractivity contribution is -0.388. The number of aliphatic hydroxyl groups excluding tert-OH is 10. The number of esters is 1. The molecule has 3 aliphatic heterocycles. The van der Waals surface area contributed by atoms with E-state index in [0.717, 1.165) is 0 Å². The van der Waals surface area contributed by atoms with E-state index in [1.165, 1.54) is 12.1 Å². The molecule has 14 atom stereocenters. The van der Waals surface area contributed by atoms with Crippen molar-refractivity contribution in [3.05, 3.63) is 35.9 Å². The van der Waals surface area contributed by atoms with Crippen molar-refractivity contribution < 1.29 is 84.3 Å². The highest BCUT2D eigenvalue weighted by Crippen LogP contribution is 2.36. The van der Waals surface area contributed by atoms with Crippen molar-refractivity contribution in [2.45, 2.75) is 85.5 Å². The lowest BCUT2D eigenvalue weighted by atomic mass is 9.98. The van der Waals surface area contributed by atoms with Crippen LogP contribution in [0.2, 0.25) is 0 Å². The lowest BCUT2D eigenvalue weighted by Gasteiger charge is -2.44. The molecule has 17 heteroatoms. The summed E-state index contributed by atoms with van der Waals surface area (Å²) in [5.41, 5.74) is 0.219. The minimum Gasteiger partial charge on any atom is -0.459 e. The van der Waals surface area contributed by atoms with Gasteiger partial charge < -0.3 is 79.5 Å². The van der Waals surface area contributed by atoms with Crippen LogP contribution in [-0.4, -0.2) is 169 Å². The molecule has 0 aromatic heterocycles. The van der Waals surface area contributed by atoms with Crippen LogP contribution in [0.1, 0.15) is 10.4 Å². The molecule has 1 aromatic carbocycles. The van der Waals surface area contributed by atoms with Gasteiger partial charge in [-0.15, -0.1) is 0 Å². The summed E-state index contributed by atoms with van der Waals surface area (Å²) < 4.78 is 32.2. The summed E-state index contributed by atoms with van der Waals surface area (Å²) in [6.07, 6.45) is -22.4. The molecule has 0 saturated carbocycles. The molecule has 3 heterocycles. The van der Waals surface area contributed by atoms with E-state index in [4.69, 9.17) is 28.4 Å². The average molecular weight is 609 g/mol. The molecular weight excluding hydrogens is 572 g/mol. The Morgan fingerprint density at radius 1 is 0.714 bits per heavy atom. The number of rotatable bonds is 10. The van der Waals surface area contributed by atoms with Crippen LogP contribution in [-0.2, 0) is 28.4 Å². The first-order valence-electron chi connectivity index (χ1n) is 13.1. The minimum absolute atomic E-state index is 0.219. The summed E-state index contributed by atoms with van der Waals surface area (Å²) in [6, 6.07) is 7.91. The van der Waals surface area contributed by atoms with E-state index in [1.807, 2.05) is 0 Å². The highest BCUT2D eigenvalue weighted by atomic mass is 16.8. The molecule has 2 unspecified atom stereocenters. The fraction of sp³-hybridized carbons (Fsp3) is 0.720. The normalized spacial score (nSPS) is 44.2. The Labute approximate surface area is 238 Å². The maximum absolute atomic E-state index is 12.3. The summed E-state index contributed by atoms with van der Waals surface area (Å²) in [7, 11) is 0. The molecule has 238 valence electrons. The Hall–Kier alpha value is -1.91. The predicted octanol–water partition coefficient (Wildman–Crippen LogP) is -5.71. The minimum atomic E-state index is -2.39. The highest BCUT2D eigenvalue weighted by Gasteiger charge is 2.58. The zero-order chi connectivity index (χ0) is 30.8. The molecular formula is C25H36O17. The van der Waals surface area contributed by atoms with Crippen molar-refractivity contribution in [2.24, 2.45) is 0 Å². The zero-order valence-corrected chi connectivity index (χ0v) is 22.1. The van der Waals surface area contributed by atoms with Gasteiger partial charge in [0.1, 0.15) is 80.4 Å². The van der Waals surface area contributed by atoms with Crippen molar-refractivity contribution in [3.8, 4) is 0 Å². The maximum atomic E-state index is 12.3. The van der Waals surface area contributed by atoms with Crippen LogP contribution in [0, 0.1) is 0 Å². The molecule has 42 heavy (non-hydrogen) atoms. The SMILES string of the molecule is O=C(OC[C@H]1OC(OC[C@H]2OC(O[C@]3(CO)O[C@H](CO)[C@@H](O)[C@@H]3O)[C@H](O)[C@@H](O)[C@@H]2O)[C@H](O)[C@@H](O)[C@H]1O)c1ccccc1. The van der Waals surface area contributed by atoms with Crippen molar-refractivity contribution in [1.29, 1.82) is 0 Å².